The second-order valence-corrected chi connectivity index (χ2v) is 4.48. The first kappa shape index (κ1) is 13.9. The summed E-state index contributed by atoms with van der Waals surface area (Å²) in [5.41, 5.74) is 2.36. The zero-order valence-corrected chi connectivity index (χ0v) is 11.2. The number of carbonyl (C=O) groups excluding carboxylic acids is 1. The third-order valence-electron chi connectivity index (χ3n) is 3.09. The molecule has 0 amide bonds. The molecule has 0 heterocycles. The lowest BCUT2D eigenvalue weighted by Gasteiger charge is -2.17. The van der Waals surface area contributed by atoms with Gasteiger partial charge in [-0.25, -0.2) is 0 Å². The molecular weight excluding hydrogens is 210 g/mol. The molecule has 1 aromatic rings. The number of ketones is 1. The number of Topliss-reactive ketones (excluding diaryl/α,β-unsaturated/α-hetero) is 1. The first-order valence-electron chi connectivity index (χ1n) is 6.45. The van der Waals surface area contributed by atoms with E-state index in [0.717, 1.165) is 25.2 Å². The van der Waals surface area contributed by atoms with Gasteiger partial charge in [0.05, 0.1) is 0 Å². The molecule has 0 aliphatic rings. The fourth-order valence-electron chi connectivity index (χ4n) is 1.96. The highest BCUT2D eigenvalue weighted by Gasteiger charge is 2.06. The van der Waals surface area contributed by atoms with Crippen molar-refractivity contribution in [3.05, 3.63) is 35.4 Å². The average molecular weight is 233 g/mol. The number of aryl methyl sites for hydroxylation is 1. The highest BCUT2D eigenvalue weighted by Crippen LogP contribution is 2.06. The Morgan fingerprint density at radius 2 is 1.94 bits per heavy atom. The quantitative estimate of drug-likeness (QED) is 0.722. The Morgan fingerprint density at radius 3 is 2.53 bits per heavy atom. The lowest BCUT2D eigenvalue weighted by Crippen LogP contribution is -2.26. The summed E-state index contributed by atoms with van der Waals surface area (Å²) in [5.74, 6) is 0.336. The second-order valence-electron chi connectivity index (χ2n) is 4.48. The van der Waals surface area contributed by atoms with Gasteiger partial charge in [0, 0.05) is 19.4 Å². The molecule has 0 N–H and O–H groups in total. The third-order valence-corrected chi connectivity index (χ3v) is 3.09. The van der Waals surface area contributed by atoms with Crippen LogP contribution >= 0.6 is 0 Å². The molecule has 0 spiro atoms. The van der Waals surface area contributed by atoms with Gasteiger partial charge < -0.3 is 4.90 Å². The van der Waals surface area contributed by atoms with Crippen LogP contribution in [-0.2, 0) is 11.2 Å². The first-order valence-corrected chi connectivity index (χ1v) is 6.45. The Bertz CT molecular complexity index is 356. The minimum atomic E-state index is 0.336. The molecule has 2 heteroatoms. The van der Waals surface area contributed by atoms with Gasteiger partial charge in [0.25, 0.3) is 0 Å². The van der Waals surface area contributed by atoms with Crippen LogP contribution in [0.4, 0.5) is 0 Å². The fourth-order valence-corrected chi connectivity index (χ4v) is 1.96. The summed E-state index contributed by atoms with van der Waals surface area (Å²) in [6, 6.07) is 8.20. The zero-order valence-electron chi connectivity index (χ0n) is 11.2. The molecule has 0 aliphatic heterocycles. The molecule has 1 aromatic carbocycles. The summed E-state index contributed by atoms with van der Waals surface area (Å²) < 4.78 is 0. The summed E-state index contributed by atoms with van der Waals surface area (Å²) in [4.78, 5) is 14.1. The van der Waals surface area contributed by atoms with Gasteiger partial charge in [-0.05, 0) is 25.6 Å². The van der Waals surface area contributed by atoms with Crippen molar-refractivity contribution in [2.75, 3.05) is 19.6 Å². The molecule has 0 bridgehead atoms. The number of rotatable bonds is 7. The van der Waals surface area contributed by atoms with Crippen LogP contribution in [0.5, 0.6) is 0 Å². The van der Waals surface area contributed by atoms with Crippen LogP contribution in [0.1, 0.15) is 31.4 Å². The number of benzene rings is 1. The van der Waals surface area contributed by atoms with Crippen molar-refractivity contribution in [3.8, 4) is 0 Å². The molecule has 17 heavy (non-hydrogen) atoms. The monoisotopic (exact) mass is 233 g/mol. The van der Waals surface area contributed by atoms with Gasteiger partial charge in [0.1, 0.15) is 5.78 Å². The van der Waals surface area contributed by atoms with Crippen molar-refractivity contribution in [1.82, 2.24) is 4.90 Å². The summed E-state index contributed by atoms with van der Waals surface area (Å²) in [5, 5.41) is 0. The number of carbonyl (C=O) groups is 1. The van der Waals surface area contributed by atoms with E-state index in [-0.39, 0.29) is 0 Å². The number of nitrogens with zero attached hydrogens (tertiary/aromatic N) is 1. The minimum absolute atomic E-state index is 0.336. The van der Waals surface area contributed by atoms with E-state index in [4.69, 9.17) is 0 Å². The van der Waals surface area contributed by atoms with E-state index in [1.54, 1.807) is 0 Å². The fraction of sp³-hybridized carbons (Fsp3) is 0.533. The van der Waals surface area contributed by atoms with Crippen molar-refractivity contribution in [2.45, 2.75) is 33.6 Å². The summed E-state index contributed by atoms with van der Waals surface area (Å²) in [7, 11) is 0. The summed E-state index contributed by atoms with van der Waals surface area (Å²) >= 11 is 0. The summed E-state index contributed by atoms with van der Waals surface area (Å²) in [6.07, 6.45) is 1.23. The normalized spacial score (nSPS) is 10.8. The van der Waals surface area contributed by atoms with Crippen molar-refractivity contribution >= 4 is 5.78 Å². The SMILES string of the molecule is CCN(CC)CCC(=O)Cc1cccc(C)c1. The highest BCUT2D eigenvalue weighted by atomic mass is 16.1. The van der Waals surface area contributed by atoms with Crippen LogP contribution in [-0.4, -0.2) is 30.3 Å². The van der Waals surface area contributed by atoms with Crippen molar-refractivity contribution in [2.24, 2.45) is 0 Å². The van der Waals surface area contributed by atoms with Gasteiger partial charge in [-0.15, -0.1) is 0 Å². The molecule has 0 aliphatic carbocycles. The Morgan fingerprint density at radius 1 is 1.24 bits per heavy atom. The predicted molar refractivity (Wildman–Crippen MR) is 72.3 cm³/mol. The Balaban J connectivity index is 2.39. The maximum atomic E-state index is 11.8. The lowest BCUT2D eigenvalue weighted by atomic mass is 10.0. The third kappa shape index (κ3) is 5.14. The smallest absolute Gasteiger partial charge is 0.138 e. The molecule has 0 radical (unpaired) electrons. The molecular formula is C15H23NO. The van der Waals surface area contributed by atoms with Crippen LogP contribution in [0.2, 0.25) is 0 Å². The van der Waals surface area contributed by atoms with Crippen molar-refractivity contribution < 1.29 is 4.79 Å². The zero-order chi connectivity index (χ0) is 12.7. The predicted octanol–water partition coefficient (Wildman–Crippen LogP) is 2.84. The topological polar surface area (TPSA) is 20.3 Å². The van der Waals surface area contributed by atoms with E-state index in [1.165, 1.54) is 5.56 Å². The number of hydrogen-bond donors (Lipinski definition) is 0. The molecule has 1 rings (SSSR count). The largest absolute Gasteiger partial charge is 0.303 e. The Labute approximate surface area is 105 Å². The van der Waals surface area contributed by atoms with E-state index in [9.17, 15) is 4.79 Å². The van der Waals surface area contributed by atoms with Gasteiger partial charge >= 0.3 is 0 Å². The van der Waals surface area contributed by atoms with Crippen molar-refractivity contribution in [3.63, 3.8) is 0 Å². The van der Waals surface area contributed by atoms with E-state index in [0.29, 0.717) is 18.6 Å². The van der Waals surface area contributed by atoms with E-state index < -0.39 is 0 Å². The minimum Gasteiger partial charge on any atom is -0.303 e. The van der Waals surface area contributed by atoms with Gasteiger partial charge in [0.15, 0.2) is 0 Å². The molecule has 0 saturated carbocycles. The Kier molecular flexibility index (Phi) is 5.92. The standard InChI is InChI=1S/C15H23NO/c1-4-16(5-2)10-9-15(17)12-14-8-6-7-13(3)11-14/h6-8,11H,4-5,9-10,12H2,1-3H3. The van der Waals surface area contributed by atoms with Gasteiger partial charge in [-0.1, -0.05) is 43.7 Å². The van der Waals surface area contributed by atoms with Crippen LogP contribution in [0.15, 0.2) is 24.3 Å². The van der Waals surface area contributed by atoms with Crippen LogP contribution < -0.4 is 0 Å². The summed E-state index contributed by atoms with van der Waals surface area (Å²) in [6.45, 7) is 9.26. The second kappa shape index (κ2) is 7.23. The van der Waals surface area contributed by atoms with Gasteiger partial charge in [-0.2, -0.15) is 0 Å². The molecule has 94 valence electrons. The van der Waals surface area contributed by atoms with E-state index in [1.807, 2.05) is 12.1 Å². The van der Waals surface area contributed by atoms with E-state index in [2.05, 4.69) is 37.8 Å². The maximum absolute atomic E-state index is 11.8. The van der Waals surface area contributed by atoms with Gasteiger partial charge in [-0.3, -0.25) is 4.79 Å². The Hall–Kier alpha value is -1.15. The van der Waals surface area contributed by atoms with Crippen LogP contribution in [0.25, 0.3) is 0 Å². The first-order chi connectivity index (χ1) is 8.15. The molecule has 2 nitrogen and oxygen atoms in total. The molecule has 0 saturated heterocycles. The van der Waals surface area contributed by atoms with Crippen LogP contribution in [0, 0.1) is 6.92 Å². The van der Waals surface area contributed by atoms with E-state index >= 15 is 0 Å². The number of hydrogen-bond acceptors (Lipinski definition) is 2. The highest BCUT2D eigenvalue weighted by molar-refractivity contribution is 5.81. The van der Waals surface area contributed by atoms with Crippen molar-refractivity contribution in [1.29, 1.82) is 0 Å². The maximum Gasteiger partial charge on any atom is 0.138 e. The molecule has 0 unspecified atom stereocenters. The van der Waals surface area contributed by atoms with Gasteiger partial charge in [0.2, 0.25) is 0 Å². The molecule has 0 aromatic heterocycles. The van der Waals surface area contributed by atoms with Crippen LogP contribution in [0.3, 0.4) is 0 Å². The lowest BCUT2D eigenvalue weighted by molar-refractivity contribution is -0.118. The molecule has 0 atom stereocenters. The molecule has 0 fully saturated rings. The average Bonchev–Trinajstić information content (AvgIpc) is 2.30.